The van der Waals surface area contributed by atoms with Gasteiger partial charge in [0.05, 0.1) is 11.9 Å². The van der Waals surface area contributed by atoms with Crippen molar-refractivity contribution in [1.29, 1.82) is 0 Å². The topological polar surface area (TPSA) is 36.3 Å². The molecule has 0 saturated heterocycles. The van der Waals surface area contributed by atoms with Gasteiger partial charge in [-0.15, -0.1) is 0 Å². The molecule has 0 aliphatic carbocycles. The lowest BCUT2D eigenvalue weighted by Gasteiger charge is -2.13. The Balaban J connectivity index is 1.56. The van der Waals surface area contributed by atoms with Gasteiger partial charge in [0.25, 0.3) is 0 Å². The van der Waals surface area contributed by atoms with Gasteiger partial charge in [0.2, 0.25) is 6.29 Å². The lowest BCUT2D eigenvalue weighted by molar-refractivity contribution is 0.0679. The highest BCUT2D eigenvalue weighted by Gasteiger charge is 2.22. The molecule has 4 aromatic rings. The molecule has 0 spiro atoms. The Bertz CT molecular complexity index is 1270. The van der Waals surface area contributed by atoms with E-state index in [1.165, 1.54) is 30.0 Å². The Morgan fingerprint density at radius 1 is 1.03 bits per heavy atom. The third-order valence-electron chi connectivity index (χ3n) is 5.05. The molecule has 0 amide bonds. The second-order valence-corrected chi connectivity index (χ2v) is 8.54. The Morgan fingerprint density at radius 2 is 1.81 bits per heavy atom. The number of nitrogens with zero attached hydrogens (tertiary/aromatic N) is 2. The molecule has 1 aromatic heterocycles. The molecule has 8 heteroatoms. The predicted octanol–water partition coefficient (Wildman–Crippen LogP) is 6.88. The maximum atomic E-state index is 14.3. The zero-order chi connectivity index (χ0) is 22.2. The van der Waals surface area contributed by atoms with Crippen LogP contribution in [0.1, 0.15) is 12.5 Å². The minimum absolute atomic E-state index is 0.293. The van der Waals surface area contributed by atoms with Crippen LogP contribution >= 0.6 is 23.4 Å². The van der Waals surface area contributed by atoms with Gasteiger partial charge in [-0.05, 0) is 54.6 Å². The van der Waals surface area contributed by atoms with Crippen LogP contribution in [-0.2, 0) is 5.75 Å². The van der Waals surface area contributed by atoms with Crippen molar-refractivity contribution >= 4 is 23.4 Å². The summed E-state index contributed by atoms with van der Waals surface area (Å²) in [4.78, 5) is 4.57. The molecule has 1 atom stereocenters. The fourth-order valence-electron chi connectivity index (χ4n) is 3.53. The lowest BCUT2D eigenvalue weighted by atomic mass is 10.1. The van der Waals surface area contributed by atoms with E-state index in [9.17, 15) is 8.78 Å². The van der Waals surface area contributed by atoms with E-state index < -0.39 is 0 Å². The Hall–Kier alpha value is -3.03. The van der Waals surface area contributed by atoms with E-state index in [0.717, 1.165) is 16.9 Å². The zero-order valence-corrected chi connectivity index (χ0v) is 18.5. The van der Waals surface area contributed by atoms with Crippen molar-refractivity contribution in [2.24, 2.45) is 0 Å². The van der Waals surface area contributed by atoms with Gasteiger partial charge < -0.3 is 9.47 Å². The summed E-state index contributed by atoms with van der Waals surface area (Å²) in [5.41, 5.74) is 2.78. The van der Waals surface area contributed by atoms with Gasteiger partial charge in [0.1, 0.15) is 11.6 Å². The summed E-state index contributed by atoms with van der Waals surface area (Å²) in [5.74, 6) is 0.920. The number of aromatic nitrogens is 2. The summed E-state index contributed by atoms with van der Waals surface area (Å²) in [5, 5.41) is 0.986. The molecule has 0 radical (unpaired) electrons. The summed E-state index contributed by atoms with van der Waals surface area (Å²) in [6.07, 6.45) is 1.38. The molecule has 0 N–H and O–H groups in total. The van der Waals surface area contributed by atoms with Gasteiger partial charge in [-0.3, -0.25) is 4.57 Å². The first-order valence-corrected chi connectivity index (χ1v) is 11.2. The molecular weight excluding hydrogens is 454 g/mol. The highest BCUT2D eigenvalue weighted by atomic mass is 35.5. The van der Waals surface area contributed by atoms with E-state index in [0.29, 0.717) is 33.0 Å². The number of imidazole rings is 1. The molecule has 1 aliphatic heterocycles. The Kier molecular flexibility index (Phi) is 5.53. The summed E-state index contributed by atoms with van der Waals surface area (Å²) in [6.45, 7) is 1.82. The van der Waals surface area contributed by atoms with Crippen LogP contribution in [0.25, 0.3) is 16.9 Å². The van der Waals surface area contributed by atoms with E-state index in [1.54, 1.807) is 30.5 Å². The van der Waals surface area contributed by atoms with Crippen LogP contribution in [0.4, 0.5) is 8.78 Å². The van der Waals surface area contributed by atoms with E-state index in [4.69, 9.17) is 21.1 Å². The summed E-state index contributed by atoms with van der Waals surface area (Å²) >= 11 is 7.54. The molecule has 1 unspecified atom stereocenters. The van der Waals surface area contributed by atoms with Crippen LogP contribution in [0.5, 0.6) is 11.5 Å². The highest BCUT2D eigenvalue weighted by molar-refractivity contribution is 7.98. The molecule has 32 heavy (non-hydrogen) atoms. The normalized spacial score (nSPS) is 14.7. The molecular formula is C24H17ClF2N2O2S. The Labute approximate surface area is 192 Å². The summed E-state index contributed by atoms with van der Waals surface area (Å²) < 4.78 is 41.0. The fraction of sp³-hybridized carbons (Fsp3) is 0.125. The van der Waals surface area contributed by atoms with E-state index in [1.807, 2.05) is 29.7 Å². The molecule has 1 aliphatic rings. The average Bonchev–Trinajstić information content (AvgIpc) is 3.36. The molecule has 162 valence electrons. The van der Waals surface area contributed by atoms with Gasteiger partial charge >= 0.3 is 0 Å². The van der Waals surface area contributed by atoms with Crippen LogP contribution in [0.15, 0.2) is 72.0 Å². The SMILES string of the molecule is CC1Oc2ccc(-c3cnc(SCc4c(F)cccc4Cl)n3-c3ccc(F)cc3)cc2O1. The second-order valence-electron chi connectivity index (χ2n) is 7.19. The first-order valence-electron chi connectivity index (χ1n) is 9.87. The van der Waals surface area contributed by atoms with Gasteiger partial charge in [0, 0.05) is 34.5 Å². The van der Waals surface area contributed by atoms with E-state index in [-0.39, 0.29) is 17.9 Å². The van der Waals surface area contributed by atoms with Gasteiger partial charge in [-0.25, -0.2) is 13.8 Å². The van der Waals surface area contributed by atoms with Crippen LogP contribution in [-0.4, -0.2) is 15.8 Å². The van der Waals surface area contributed by atoms with Crippen molar-refractivity contribution in [3.63, 3.8) is 0 Å². The van der Waals surface area contributed by atoms with Crippen LogP contribution in [0.3, 0.4) is 0 Å². The maximum absolute atomic E-state index is 14.3. The number of benzene rings is 3. The minimum Gasteiger partial charge on any atom is -0.451 e. The van der Waals surface area contributed by atoms with Gasteiger partial charge in [-0.1, -0.05) is 29.4 Å². The fourth-order valence-corrected chi connectivity index (χ4v) is 4.86. The highest BCUT2D eigenvalue weighted by Crippen LogP contribution is 2.40. The van der Waals surface area contributed by atoms with Gasteiger partial charge in [-0.2, -0.15) is 0 Å². The predicted molar refractivity (Wildman–Crippen MR) is 121 cm³/mol. The van der Waals surface area contributed by atoms with Crippen LogP contribution < -0.4 is 9.47 Å². The summed E-state index contributed by atoms with van der Waals surface area (Å²) in [7, 11) is 0. The van der Waals surface area contributed by atoms with Crippen molar-refractivity contribution in [3.05, 3.63) is 89.1 Å². The Morgan fingerprint density at radius 3 is 2.59 bits per heavy atom. The van der Waals surface area contributed by atoms with Crippen LogP contribution in [0.2, 0.25) is 5.02 Å². The first kappa shape index (κ1) is 20.8. The molecule has 0 saturated carbocycles. The zero-order valence-electron chi connectivity index (χ0n) is 16.9. The maximum Gasteiger partial charge on any atom is 0.238 e. The number of halogens is 3. The monoisotopic (exact) mass is 470 g/mol. The van der Waals surface area contributed by atoms with Gasteiger partial charge in [0.15, 0.2) is 16.7 Å². The average molecular weight is 471 g/mol. The quantitative estimate of drug-likeness (QED) is 0.298. The number of hydrogen-bond donors (Lipinski definition) is 0. The largest absolute Gasteiger partial charge is 0.451 e. The number of fused-ring (bicyclic) bond motifs is 1. The van der Waals surface area contributed by atoms with Crippen molar-refractivity contribution in [2.45, 2.75) is 24.1 Å². The van der Waals surface area contributed by atoms with Crippen molar-refractivity contribution < 1.29 is 18.3 Å². The number of hydrogen-bond acceptors (Lipinski definition) is 4. The second kappa shape index (κ2) is 8.48. The molecule has 0 bridgehead atoms. The lowest BCUT2D eigenvalue weighted by Crippen LogP contribution is -2.11. The molecule has 2 heterocycles. The number of rotatable bonds is 5. The first-order chi connectivity index (χ1) is 15.5. The third-order valence-corrected chi connectivity index (χ3v) is 6.38. The van der Waals surface area contributed by atoms with E-state index >= 15 is 0 Å². The molecule has 3 aromatic carbocycles. The molecule has 4 nitrogen and oxygen atoms in total. The van der Waals surface area contributed by atoms with Crippen molar-refractivity contribution in [3.8, 4) is 28.4 Å². The minimum atomic E-state index is -0.366. The van der Waals surface area contributed by atoms with Crippen molar-refractivity contribution in [2.75, 3.05) is 0 Å². The van der Waals surface area contributed by atoms with E-state index in [2.05, 4.69) is 4.98 Å². The summed E-state index contributed by atoms with van der Waals surface area (Å²) in [6, 6.07) is 16.4. The van der Waals surface area contributed by atoms with Crippen molar-refractivity contribution in [1.82, 2.24) is 9.55 Å². The standard InChI is InChI=1S/C24H17ClF2N2O2S/c1-14-30-22-10-5-15(11-23(22)31-14)21-12-28-24(29(21)17-8-6-16(26)7-9-17)32-13-18-19(25)3-2-4-20(18)27/h2-12,14H,13H2,1H3. The number of thioether (sulfide) groups is 1. The number of ether oxygens (including phenoxy) is 2. The molecule has 5 rings (SSSR count). The smallest absolute Gasteiger partial charge is 0.238 e. The molecule has 0 fully saturated rings. The third kappa shape index (κ3) is 3.94. The van der Waals surface area contributed by atoms with Crippen LogP contribution in [0, 0.1) is 11.6 Å².